The minimum absolute atomic E-state index is 0.133. The van der Waals surface area contributed by atoms with E-state index in [-0.39, 0.29) is 12.4 Å². The van der Waals surface area contributed by atoms with Crippen LogP contribution in [0.4, 0.5) is 8.78 Å². The van der Waals surface area contributed by atoms with Gasteiger partial charge in [-0.05, 0) is 25.6 Å². The Kier molecular flexibility index (Phi) is 5.05. The van der Waals surface area contributed by atoms with Crippen LogP contribution in [-0.4, -0.2) is 18.7 Å². The topological polar surface area (TPSA) is 45.0 Å². The van der Waals surface area contributed by atoms with E-state index in [1.165, 1.54) is 0 Å². The fourth-order valence-corrected chi connectivity index (χ4v) is 1.53. The molecule has 0 aliphatic heterocycles. The number of nitrogens with zero attached hydrogens (tertiary/aromatic N) is 1. The van der Waals surface area contributed by atoms with Gasteiger partial charge in [-0.15, -0.1) is 0 Å². The summed E-state index contributed by atoms with van der Waals surface area (Å²) in [7, 11) is 0. The van der Waals surface area contributed by atoms with Crippen LogP contribution < -0.4 is 10.1 Å². The highest BCUT2D eigenvalue weighted by atomic mass is 19.1. The van der Waals surface area contributed by atoms with Crippen molar-refractivity contribution in [1.82, 2.24) is 5.32 Å². The molecule has 0 heterocycles. The first kappa shape index (κ1) is 14.4. The maximum absolute atomic E-state index is 13.2. The summed E-state index contributed by atoms with van der Waals surface area (Å²) < 4.78 is 31.3. The Bertz CT molecular complexity index is 445. The molecule has 0 aliphatic carbocycles. The van der Waals surface area contributed by atoms with E-state index in [0.717, 1.165) is 18.2 Å². The average molecular weight is 254 g/mol. The van der Waals surface area contributed by atoms with E-state index < -0.39 is 17.2 Å². The molecule has 1 unspecified atom stereocenters. The molecule has 18 heavy (non-hydrogen) atoms. The van der Waals surface area contributed by atoms with Crippen LogP contribution in [0.3, 0.4) is 0 Å². The first-order chi connectivity index (χ1) is 8.50. The van der Waals surface area contributed by atoms with Crippen molar-refractivity contribution in [2.24, 2.45) is 0 Å². The van der Waals surface area contributed by atoms with Crippen molar-refractivity contribution in [3.8, 4) is 11.8 Å². The van der Waals surface area contributed by atoms with Gasteiger partial charge in [-0.3, -0.25) is 5.32 Å². The lowest BCUT2D eigenvalue weighted by atomic mass is 10.0. The first-order valence-corrected chi connectivity index (χ1v) is 5.75. The molecule has 3 nitrogen and oxygen atoms in total. The van der Waals surface area contributed by atoms with Crippen LogP contribution >= 0.6 is 0 Å². The lowest BCUT2D eigenvalue weighted by molar-refractivity contribution is 0.258. The van der Waals surface area contributed by atoms with Crippen molar-refractivity contribution in [1.29, 1.82) is 5.26 Å². The van der Waals surface area contributed by atoms with Crippen LogP contribution in [0.25, 0.3) is 0 Å². The Morgan fingerprint density at radius 2 is 2.17 bits per heavy atom. The van der Waals surface area contributed by atoms with Crippen LogP contribution in [0.5, 0.6) is 5.75 Å². The van der Waals surface area contributed by atoms with Gasteiger partial charge in [-0.1, -0.05) is 6.92 Å². The number of hydrogen-bond donors (Lipinski definition) is 1. The molecule has 1 rings (SSSR count). The summed E-state index contributed by atoms with van der Waals surface area (Å²) in [6.45, 7) is 4.42. The summed E-state index contributed by atoms with van der Waals surface area (Å²) in [4.78, 5) is 0. The summed E-state index contributed by atoms with van der Waals surface area (Å²) in [6.07, 6.45) is 0.382. The monoisotopic (exact) mass is 254 g/mol. The lowest BCUT2D eigenvalue weighted by Crippen LogP contribution is -2.42. The molecule has 0 fully saturated rings. The predicted octanol–water partition coefficient (Wildman–Crippen LogP) is 2.63. The molecule has 0 spiro atoms. The molecule has 1 N–H and O–H groups in total. The minimum atomic E-state index is -0.724. The number of halogens is 2. The Hall–Kier alpha value is -1.67. The molecule has 1 aromatic rings. The summed E-state index contributed by atoms with van der Waals surface area (Å²) in [5, 5.41) is 12.0. The average Bonchev–Trinajstić information content (AvgIpc) is 2.34. The van der Waals surface area contributed by atoms with Gasteiger partial charge < -0.3 is 4.74 Å². The number of nitriles is 1. The SMILES string of the molecule is CCNC(C)(C#N)CCOc1cc(F)ccc1F. The van der Waals surface area contributed by atoms with E-state index in [9.17, 15) is 8.78 Å². The van der Waals surface area contributed by atoms with E-state index >= 15 is 0 Å². The zero-order valence-electron chi connectivity index (χ0n) is 10.5. The van der Waals surface area contributed by atoms with Gasteiger partial charge in [0.2, 0.25) is 0 Å². The highest BCUT2D eigenvalue weighted by Crippen LogP contribution is 2.19. The maximum atomic E-state index is 13.2. The normalized spacial score (nSPS) is 13.7. The number of rotatable bonds is 6. The number of benzene rings is 1. The van der Waals surface area contributed by atoms with Crippen LogP contribution in [-0.2, 0) is 0 Å². The summed E-state index contributed by atoms with van der Waals surface area (Å²) >= 11 is 0. The Morgan fingerprint density at radius 3 is 2.78 bits per heavy atom. The van der Waals surface area contributed by atoms with E-state index in [4.69, 9.17) is 10.00 Å². The largest absolute Gasteiger partial charge is 0.490 e. The first-order valence-electron chi connectivity index (χ1n) is 5.75. The van der Waals surface area contributed by atoms with Crippen LogP contribution in [0.15, 0.2) is 18.2 Å². The quantitative estimate of drug-likeness (QED) is 0.848. The molecule has 0 bridgehead atoms. The van der Waals surface area contributed by atoms with Gasteiger partial charge in [0.25, 0.3) is 0 Å². The van der Waals surface area contributed by atoms with Crippen LogP contribution in [0, 0.1) is 23.0 Å². The van der Waals surface area contributed by atoms with Gasteiger partial charge in [0.1, 0.15) is 11.4 Å². The zero-order valence-corrected chi connectivity index (χ0v) is 10.5. The van der Waals surface area contributed by atoms with Crippen molar-refractivity contribution < 1.29 is 13.5 Å². The lowest BCUT2D eigenvalue weighted by Gasteiger charge is -2.22. The van der Waals surface area contributed by atoms with Crippen molar-refractivity contribution in [2.45, 2.75) is 25.8 Å². The molecule has 0 aromatic heterocycles. The van der Waals surface area contributed by atoms with Gasteiger partial charge in [0, 0.05) is 12.5 Å². The summed E-state index contributed by atoms with van der Waals surface area (Å²) in [6, 6.07) is 5.17. The second-order valence-corrected chi connectivity index (χ2v) is 4.15. The Morgan fingerprint density at radius 1 is 1.44 bits per heavy atom. The van der Waals surface area contributed by atoms with E-state index in [1.54, 1.807) is 6.92 Å². The molecule has 5 heteroatoms. The second kappa shape index (κ2) is 6.31. The maximum Gasteiger partial charge on any atom is 0.165 e. The Balaban J connectivity index is 2.56. The van der Waals surface area contributed by atoms with Crippen LogP contribution in [0.1, 0.15) is 20.3 Å². The van der Waals surface area contributed by atoms with Crippen molar-refractivity contribution >= 4 is 0 Å². The van der Waals surface area contributed by atoms with Gasteiger partial charge in [-0.2, -0.15) is 5.26 Å². The molecule has 0 aliphatic rings. The molecule has 98 valence electrons. The molecule has 1 aromatic carbocycles. The standard InChI is InChI=1S/C13H16F2N2O/c1-3-17-13(2,9-16)6-7-18-12-8-10(14)4-5-11(12)15/h4-5,8,17H,3,6-7H2,1-2H3. The molecule has 0 saturated heterocycles. The highest BCUT2D eigenvalue weighted by Gasteiger charge is 2.22. The van der Waals surface area contributed by atoms with Gasteiger partial charge in [0.05, 0.1) is 12.7 Å². The minimum Gasteiger partial charge on any atom is -0.490 e. The molecule has 1 atom stereocenters. The molecule has 0 saturated carbocycles. The smallest absolute Gasteiger partial charge is 0.165 e. The molecular formula is C13H16F2N2O. The third kappa shape index (κ3) is 3.97. The fourth-order valence-electron chi connectivity index (χ4n) is 1.53. The van der Waals surface area contributed by atoms with Gasteiger partial charge in [-0.25, -0.2) is 8.78 Å². The third-order valence-electron chi connectivity index (χ3n) is 2.57. The fraction of sp³-hybridized carbons (Fsp3) is 0.462. The Labute approximate surface area is 105 Å². The van der Waals surface area contributed by atoms with E-state index in [0.29, 0.717) is 13.0 Å². The summed E-state index contributed by atoms with van der Waals surface area (Å²) in [5.74, 6) is -1.30. The molecular weight excluding hydrogens is 238 g/mol. The summed E-state index contributed by atoms with van der Waals surface area (Å²) in [5.41, 5.74) is -0.724. The van der Waals surface area contributed by atoms with Gasteiger partial charge in [0.15, 0.2) is 11.6 Å². The van der Waals surface area contributed by atoms with Crippen molar-refractivity contribution in [3.05, 3.63) is 29.8 Å². The predicted molar refractivity (Wildman–Crippen MR) is 64.2 cm³/mol. The van der Waals surface area contributed by atoms with Gasteiger partial charge >= 0.3 is 0 Å². The zero-order chi connectivity index (χ0) is 13.6. The van der Waals surface area contributed by atoms with E-state index in [2.05, 4.69) is 11.4 Å². The second-order valence-electron chi connectivity index (χ2n) is 4.15. The van der Waals surface area contributed by atoms with E-state index in [1.807, 2.05) is 6.92 Å². The number of hydrogen-bond acceptors (Lipinski definition) is 3. The molecule has 0 amide bonds. The van der Waals surface area contributed by atoms with Crippen LogP contribution in [0.2, 0.25) is 0 Å². The van der Waals surface area contributed by atoms with Crippen molar-refractivity contribution in [3.63, 3.8) is 0 Å². The number of ether oxygens (including phenoxy) is 1. The number of nitrogens with one attached hydrogen (secondary N) is 1. The highest BCUT2D eigenvalue weighted by molar-refractivity contribution is 5.24. The third-order valence-corrected chi connectivity index (χ3v) is 2.57. The molecule has 0 radical (unpaired) electrons. The van der Waals surface area contributed by atoms with Crippen molar-refractivity contribution in [2.75, 3.05) is 13.2 Å².